The SMILES string of the molecule is CC(C)(CO)NC(=O)NC1(c2ccccc2)CCC1. The van der Waals surface area contributed by atoms with E-state index in [9.17, 15) is 9.90 Å². The van der Waals surface area contributed by atoms with E-state index in [0.717, 1.165) is 24.8 Å². The van der Waals surface area contributed by atoms with E-state index in [2.05, 4.69) is 22.8 Å². The Hall–Kier alpha value is -1.55. The fourth-order valence-electron chi connectivity index (χ4n) is 2.37. The lowest BCUT2D eigenvalue weighted by Gasteiger charge is -2.43. The number of aliphatic hydroxyl groups excluding tert-OH is 1. The van der Waals surface area contributed by atoms with Crippen molar-refractivity contribution in [2.45, 2.75) is 44.2 Å². The van der Waals surface area contributed by atoms with Crippen LogP contribution in [0.25, 0.3) is 0 Å². The molecule has 3 N–H and O–H groups in total. The van der Waals surface area contributed by atoms with E-state index in [1.807, 2.05) is 18.2 Å². The number of urea groups is 1. The Morgan fingerprint density at radius 1 is 1.32 bits per heavy atom. The average molecular weight is 262 g/mol. The van der Waals surface area contributed by atoms with Crippen molar-refractivity contribution in [1.29, 1.82) is 0 Å². The second-order valence-electron chi connectivity index (χ2n) is 5.92. The van der Waals surface area contributed by atoms with E-state index < -0.39 is 5.54 Å². The van der Waals surface area contributed by atoms with Gasteiger partial charge in [0.15, 0.2) is 0 Å². The zero-order valence-electron chi connectivity index (χ0n) is 11.6. The molecule has 0 radical (unpaired) electrons. The molecular formula is C15H22N2O2. The van der Waals surface area contributed by atoms with Gasteiger partial charge in [-0.15, -0.1) is 0 Å². The minimum Gasteiger partial charge on any atom is -0.394 e. The molecule has 0 aliphatic heterocycles. The Labute approximate surface area is 114 Å². The molecule has 2 amide bonds. The molecule has 104 valence electrons. The molecule has 0 aromatic heterocycles. The maximum atomic E-state index is 12.1. The van der Waals surface area contributed by atoms with Crippen molar-refractivity contribution >= 4 is 6.03 Å². The van der Waals surface area contributed by atoms with Crippen LogP contribution in [-0.4, -0.2) is 23.3 Å². The van der Waals surface area contributed by atoms with Crippen LogP contribution in [-0.2, 0) is 5.54 Å². The number of benzene rings is 1. The fourth-order valence-corrected chi connectivity index (χ4v) is 2.37. The standard InChI is InChI=1S/C15H22N2O2/c1-14(2,11-18)16-13(19)17-15(9-6-10-15)12-7-4-3-5-8-12/h3-5,7-8,18H,6,9-11H2,1-2H3,(H2,16,17,19). The van der Waals surface area contributed by atoms with E-state index in [1.165, 1.54) is 0 Å². The van der Waals surface area contributed by atoms with Crippen LogP contribution in [0.2, 0.25) is 0 Å². The molecule has 1 aliphatic rings. The summed E-state index contributed by atoms with van der Waals surface area (Å²) in [5, 5.41) is 15.1. The second kappa shape index (κ2) is 5.21. The lowest BCUT2D eigenvalue weighted by molar-refractivity contribution is 0.155. The molecule has 0 unspecified atom stereocenters. The van der Waals surface area contributed by atoms with Crippen LogP contribution in [0.3, 0.4) is 0 Å². The molecule has 0 bridgehead atoms. The minimum atomic E-state index is -0.605. The van der Waals surface area contributed by atoms with Crippen LogP contribution >= 0.6 is 0 Å². The number of aliphatic hydroxyl groups is 1. The number of nitrogens with one attached hydrogen (secondary N) is 2. The Bertz CT molecular complexity index is 439. The minimum absolute atomic E-state index is 0.0846. The van der Waals surface area contributed by atoms with Crippen LogP contribution in [0.1, 0.15) is 38.7 Å². The van der Waals surface area contributed by atoms with Crippen LogP contribution < -0.4 is 10.6 Å². The predicted molar refractivity (Wildman–Crippen MR) is 74.8 cm³/mol. The Balaban J connectivity index is 2.06. The first-order chi connectivity index (χ1) is 8.97. The zero-order valence-corrected chi connectivity index (χ0v) is 11.6. The number of hydrogen-bond acceptors (Lipinski definition) is 2. The molecule has 19 heavy (non-hydrogen) atoms. The first-order valence-corrected chi connectivity index (χ1v) is 6.74. The monoisotopic (exact) mass is 262 g/mol. The quantitative estimate of drug-likeness (QED) is 0.778. The highest BCUT2D eigenvalue weighted by molar-refractivity contribution is 5.76. The molecule has 0 atom stereocenters. The lowest BCUT2D eigenvalue weighted by Crippen LogP contribution is -2.58. The lowest BCUT2D eigenvalue weighted by atomic mass is 9.72. The van der Waals surface area contributed by atoms with Gasteiger partial charge in [-0.25, -0.2) is 4.79 Å². The second-order valence-corrected chi connectivity index (χ2v) is 5.92. The molecule has 4 heteroatoms. The van der Waals surface area contributed by atoms with Crippen molar-refractivity contribution in [3.05, 3.63) is 35.9 Å². The van der Waals surface area contributed by atoms with Gasteiger partial charge < -0.3 is 15.7 Å². The molecule has 1 aromatic rings. The number of carbonyl (C=O) groups excluding carboxylic acids is 1. The summed E-state index contributed by atoms with van der Waals surface area (Å²) in [4.78, 5) is 12.1. The molecule has 1 saturated carbocycles. The first kappa shape index (κ1) is 13.9. The Morgan fingerprint density at radius 3 is 2.42 bits per heavy atom. The summed E-state index contributed by atoms with van der Waals surface area (Å²) in [6.07, 6.45) is 3.05. The van der Waals surface area contributed by atoms with Gasteiger partial charge in [-0.1, -0.05) is 30.3 Å². The normalized spacial score (nSPS) is 17.4. The molecular weight excluding hydrogens is 240 g/mol. The first-order valence-electron chi connectivity index (χ1n) is 6.74. The molecule has 0 saturated heterocycles. The van der Waals surface area contributed by atoms with Gasteiger partial charge in [0.25, 0.3) is 0 Å². The van der Waals surface area contributed by atoms with Crippen LogP contribution in [0.5, 0.6) is 0 Å². The molecule has 4 nitrogen and oxygen atoms in total. The molecule has 2 rings (SSSR count). The number of hydrogen-bond donors (Lipinski definition) is 3. The van der Waals surface area contributed by atoms with Crippen molar-refractivity contribution in [1.82, 2.24) is 10.6 Å². The summed E-state index contributed by atoms with van der Waals surface area (Å²) in [6.45, 7) is 3.50. The van der Waals surface area contributed by atoms with Crippen molar-refractivity contribution < 1.29 is 9.90 Å². The predicted octanol–water partition coefficient (Wildman–Crippen LogP) is 2.14. The van der Waals surface area contributed by atoms with Gasteiger partial charge in [0, 0.05) is 0 Å². The smallest absolute Gasteiger partial charge is 0.315 e. The maximum Gasteiger partial charge on any atom is 0.315 e. The summed E-state index contributed by atoms with van der Waals surface area (Å²) in [5.74, 6) is 0. The summed E-state index contributed by atoms with van der Waals surface area (Å²) in [5.41, 5.74) is 0.306. The van der Waals surface area contributed by atoms with E-state index in [0.29, 0.717) is 0 Å². The topological polar surface area (TPSA) is 61.4 Å². The highest BCUT2D eigenvalue weighted by Crippen LogP contribution is 2.41. The number of amides is 2. The summed E-state index contributed by atoms with van der Waals surface area (Å²) in [6, 6.07) is 9.85. The number of rotatable bonds is 4. The molecule has 0 heterocycles. The third-order valence-electron chi connectivity index (χ3n) is 3.73. The van der Waals surface area contributed by atoms with Crippen molar-refractivity contribution in [3.63, 3.8) is 0 Å². The molecule has 1 aromatic carbocycles. The van der Waals surface area contributed by atoms with Gasteiger partial charge >= 0.3 is 6.03 Å². The Morgan fingerprint density at radius 2 is 1.95 bits per heavy atom. The highest BCUT2D eigenvalue weighted by atomic mass is 16.3. The molecule has 0 spiro atoms. The average Bonchev–Trinajstić information content (AvgIpc) is 2.34. The summed E-state index contributed by atoms with van der Waals surface area (Å²) >= 11 is 0. The van der Waals surface area contributed by atoms with Gasteiger partial charge in [-0.05, 0) is 38.7 Å². The highest BCUT2D eigenvalue weighted by Gasteiger charge is 2.40. The van der Waals surface area contributed by atoms with E-state index >= 15 is 0 Å². The Kier molecular flexibility index (Phi) is 3.80. The van der Waals surface area contributed by atoms with E-state index in [4.69, 9.17) is 0 Å². The fraction of sp³-hybridized carbons (Fsp3) is 0.533. The van der Waals surface area contributed by atoms with Gasteiger partial charge in [0.05, 0.1) is 17.7 Å². The van der Waals surface area contributed by atoms with Crippen LogP contribution in [0, 0.1) is 0 Å². The van der Waals surface area contributed by atoms with Gasteiger partial charge in [-0.3, -0.25) is 0 Å². The third kappa shape index (κ3) is 3.07. The van der Waals surface area contributed by atoms with E-state index in [-0.39, 0.29) is 18.2 Å². The zero-order chi connectivity index (χ0) is 13.9. The third-order valence-corrected chi connectivity index (χ3v) is 3.73. The summed E-state index contributed by atoms with van der Waals surface area (Å²) in [7, 11) is 0. The van der Waals surface area contributed by atoms with E-state index in [1.54, 1.807) is 13.8 Å². The van der Waals surface area contributed by atoms with Crippen molar-refractivity contribution in [3.8, 4) is 0 Å². The maximum absolute atomic E-state index is 12.1. The van der Waals surface area contributed by atoms with Crippen LogP contribution in [0.15, 0.2) is 30.3 Å². The molecule has 1 aliphatic carbocycles. The van der Waals surface area contributed by atoms with Crippen molar-refractivity contribution in [2.24, 2.45) is 0 Å². The van der Waals surface area contributed by atoms with Crippen LogP contribution in [0.4, 0.5) is 4.79 Å². The van der Waals surface area contributed by atoms with Gasteiger partial charge in [0.1, 0.15) is 0 Å². The summed E-state index contributed by atoms with van der Waals surface area (Å²) < 4.78 is 0. The van der Waals surface area contributed by atoms with Gasteiger partial charge in [-0.2, -0.15) is 0 Å². The van der Waals surface area contributed by atoms with Crippen molar-refractivity contribution in [2.75, 3.05) is 6.61 Å². The van der Waals surface area contributed by atoms with Gasteiger partial charge in [0.2, 0.25) is 0 Å². The number of carbonyl (C=O) groups is 1. The molecule has 1 fully saturated rings. The largest absolute Gasteiger partial charge is 0.394 e.